The first kappa shape index (κ1) is 14.8. The average molecular weight is 287 g/mol. The monoisotopic (exact) mass is 287 g/mol. The molecule has 0 fully saturated rings. The first-order valence-corrected chi connectivity index (χ1v) is 6.70. The van der Waals surface area contributed by atoms with Gasteiger partial charge in [-0.15, -0.1) is 0 Å². The number of hydrogen-bond donors (Lipinski definition) is 0. The van der Waals surface area contributed by atoms with Crippen molar-refractivity contribution in [2.45, 2.75) is 20.8 Å². The van der Waals surface area contributed by atoms with Crippen molar-refractivity contribution in [2.24, 2.45) is 0 Å². The van der Waals surface area contributed by atoms with E-state index >= 15 is 0 Å². The normalized spacial score (nSPS) is 10.1. The van der Waals surface area contributed by atoms with Gasteiger partial charge in [-0.05, 0) is 25.1 Å². The van der Waals surface area contributed by atoms with E-state index in [4.69, 9.17) is 4.42 Å². The molecule has 3 rings (SSSR count). The van der Waals surface area contributed by atoms with Crippen LogP contribution in [0, 0.1) is 6.92 Å². The van der Waals surface area contributed by atoms with Crippen LogP contribution in [0.5, 0.6) is 0 Å². The lowest BCUT2D eigenvalue weighted by Gasteiger charge is -1.95. The minimum absolute atomic E-state index is 0.224. The Balaban J connectivity index is 0.000000774. The minimum atomic E-state index is -0.488. The van der Waals surface area contributed by atoms with Crippen molar-refractivity contribution in [3.05, 3.63) is 41.7 Å². The molecule has 1 aromatic carbocycles. The lowest BCUT2D eigenvalue weighted by atomic mass is 10.3. The summed E-state index contributed by atoms with van der Waals surface area (Å²) in [5, 5.41) is 4.13. The van der Waals surface area contributed by atoms with E-state index in [2.05, 4.69) is 14.8 Å². The van der Waals surface area contributed by atoms with Gasteiger partial charge in [-0.1, -0.05) is 26.0 Å². The lowest BCUT2D eigenvalue weighted by molar-refractivity contribution is 0.0593. The van der Waals surface area contributed by atoms with Crippen LogP contribution in [-0.4, -0.2) is 27.8 Å². The summed E-state index contributed by atoms with van der Waals surface area (Å²) in [4.78, 5) is 15.8. The third-order valence-corrected chi connectivity index (χ3v) is 2.75. The molecule has 0 aliphatic heterocycles. The number of oxazole rings is 1. The van der Waals surface area contributed by atoms with Gasteiger partial charge in [0.15, 0.2) is 11.3 Å². The standard InChI is InChI=1S/C13H11N3O3.C2H6/c1-8-7-10(12(17)18-2)15-16(8)13-14-9-5-3-4-6-11(9)19-13;1-2/h3-7H,1-2H3;1-2H3. The first-order valence-electron chi connectivity index (χ1n) is 6.70. The first-order chi connectivity index (χ1) is 10.2. The third kappa shape index (κ3) is 2.79. The van der Waals surface area contributed by atoms with Crippen LogP contribution in [0.4, 0.5) is 0 Å². The molecule has 3 aromatic rings. The molecule has 2 aromatic heterocycles. The molecule has 110 valence electrons. The van der Waals surface area contributed by atoms with Gasteiger partial charge in [0.2, 0.25) is 0 Å². The predicted molar refractivity (Wildman–Crippen MR) is 78.6 cm³/mol. The lowest BCUT2D eigenvalue weighted by Crippen LogP contribution is -2.04. The van der Waals surface area contributed by atoms with Crippen LogP contribution in [0.15, 0.2) is 34.7 Å². The van der Waals surface area contributed by atoms with Gasteiger partial charge in [-0.3, -0.25) is 0 Å². The second-order valence-corrected chi connectivity index (χ2v) is 4.04. The van der Waals surface area contributed by atoms with Gasteiger partial charge in [0.25, 0.3) is 0 Å². The molecular weight excluding hydrogens is 270 g/mol. The molecule has 6 nitrogen and oxygen atoms in total. The van der Waals surface area contributed by atoms with Crippen LogP contribution < -0.4 is 0 Å². The molecule has 0 bridgehead atoms. The van der Waals surface area contributed by atoms with Crippen LogP contribution in [0.25, 0.3) is 17.1 Å². The van der Waals surface area contributed by atoms with Crippen molar-refractivity contribution in [1.29, 1.82) is 0 Å². The Hall–Kier alpha value is -2.63. The topological polar surface area (TPSA) is 70.2 Å². The Morgan fingerprint density at radius 2 is 2.00 bits per heavy atom. The zero-order valence-corrected chi connectivity index (χ0v) is 12.5. The zero-order chi connectivity index (χ0) is 15.4. The van der Waals surface area contributed by atoms with E-state index in [1.807, 2.05) is 45.0 Å². The smallest absolute Gasteiger partial charge is 0.358 e. The SMILES string of the molecule is CC.COC(=O)c1cc(C)n(-c2nc3ccccc3o2)n1. The number of aromatic nitrogens is 3. The zero-order valence-electron chi connectivity index (χ0n) is 12.5. The summed E-state index contributed by atoms with van der Waals surface area (Å²) in [6, 6.07) is 9.38. The molecule has 0 amide bonds. The van der Waals surface area contributed by atoms with E-state index in [-0.39, 0.29) is 5.69 Å². The molecule has 0 spiro atoms. The van der Waals surface area contributed by atoms with Gasteiger partial charge in [-0.25, -0.2) is 4.79 Å². The van der Waals surface area contributed by atoms with E-state index in [9.17, 15) is 4.79 Å². The molecule has 0 atom stereocenters. The van der Waals surface area contributed by atoms with Gasteiger partial charge in [0.1, 0.15) is 5.52 Å². The van der Waals surface area contributed by atoms with Crippen LogP contribution in [0.2, 0.25) is 0 Å². The fourth-order valence-electron chi connectivity index (χ4n) is 1.82. The van der Waals surface area contributed by atoms with Gasteiger partial charge in [-0.2, -0.15) is 14.8 Å². The third-order valence-electron chi connectivity index (χ3n) is 2.75. The number of hydrogen-bond acceptors (Lipinski definition) is 5. The van der Waals surface area contributed by atoms with Crippen LogP contribution in [0.3, 0.4) is 0 Å². The van der Waals surface area contributed by atoms with Gasteiger partial charge < -0.3 is 9.15 Å². The van der Waals surface area contributed by atoms with Crippen LogP contribution >= 0.6 is 0 Å². The number of methoxy groups -OCH3 is 1. The summed E-state index contributed by atoms with van der Waals surface area (Å²) >= 11 is 0. The number of fused-ring (bicyclic) bond motifs is 1. The predicted octanol–water partition coefficient (Wildman–Crippen LogP) is 3.13. The van der Waals surface area contributed by atoms with Crippen molar-refractivity contribution < 1.29 is 13.9 Å². The second kappa shape index (κ2) is 6.21. The molecule has 21 heavy (non-hydrogen) atoms. The molecule has 0 radical (unpaired) electrons. The van der Waals surface area contributed by atoms with Crippen molar-refractivity contribution in [1.82, 2.24) is 14.8 Å². The Morgan fingerprint density at radius 1 is 1.29 bits per heavy atom. The average Bonchev–Trinajstić information content (AvgIpc) is 3.11. The number of esters is 1. The van der Waals surface area contributed by atoms with Crippen LogP contribution in [-0.2, 0) is 4.74 Å². The highest BCUT2D eigenvalue weighted by molar-refractivity contribution is 5.87. The quantitative estimate of drug-likeness (QED) is 0.677. The molecule has 0 aliphatic carbocycles. The summed E-state index contributed by atoms with van der Waals surface area (Å²) < 4.78 is 11.7. The maximum Gasteiger partial charge on any atom is 0.358 e. The maximum absolute atomic E-state index is 11.4. The summed E-state index contributed by atoms with van der Waals surface area (Å²) in [5.41, 5.74) is 2.38. The summed E-state index contributed by atoms with van der Waals surface area (Å²) in [6.07, 6.45) is 0. The number of nitrogens with zero attached hydrogens (tertiary/aromatic N) is 3. The molecule has 0 saturated heterocycles. The Bertz CT molecular complexity index is 725. The van der Waals surface area contributed by atoms with Crippen molar-refractivity contribution in [3.8, 4) is 6.01 Å². The Labute approximate surface area is 122 Å². The number of aryl methyl sites for hydroxylation is 1. The van der Waals surface area contributed by atoms with E-state index in [0.29, 0.717) is 11.6 Å². The van der Waals surface area contributed by atoms with Crippen molar-refractivity contribution in [3.63, 3.8) is 0 Å². The van der Waals surface area contributed by atoms with Crippen LogP contribution in [0.1, 0.15) is 30.0 Å². The van der Waals surface area contributed by atoms with E-state index < -0.39 is 5.97 Å². The Kier molecular flexibility index (Phi) is 4.37. The second-order valence-electron chi connectivity index (χ2n) is 4.04. The number of carbonyl (C=O) groups excluding carboxylic acids is 1. The largest absolute Gasteiger partial charge is 0.464 e. The van der Waals surface area contributed by atoms with Gasteiger partial charge in [0.05, 0.1) is 7.11 Å². The van der Waals surface area contributed by atoms with E-state index in [0.717, 1.165) is 11.2 Å². The summed E-state index contributed by atoms with van der Waals surface area (Å²) in [6.45, 7) is 5.81. The molecule has 6 heteroatoms. The highest BCUT2D eigenvalue weighted by Crippen LogP contribution is 2.19. The number of carbonyl (C=O) groups is 1. The fraction of sp³-hybridized carbons (Fsp3) is 0.267. The van der Waals surface area contributed by atoms with Crippen molar-refractivity contribution in [2.75, 3.05) is 7.11 Å². The molecule has 0 N–H and O–H groups in total. The molecule has 0 unspecified atom stereocenters. The van der Waals surface area contributed by atoms with E-state index in [1.165, 1.54) is 11.8 Å². The molecule has 2 heterocycles. The highest BCUT2D eigenvalue weighted by Gasteiger charge is 2.16. The highest BCUT2D eigenvalue weighted by atomic mass is 16.5. The Morgan fingerprint density at radius 3 is 2.67 bits per heavy atom. The fourth-order valence-corrected chi connectivity index (χ4v) is 1.82. The maximum atomic E-state index is 11.4. The molecule has 0 saturated carbocycles. The molecular formula is C15H17N3O3. The number of benzene rings is 1. The molecule has 0 aliphatic rings. The number of ether oxygens (including phenoxy) is 1. The minimum Gasteiger partial charge on any atom is -0.464 e. The summed E-state index contributed by atoms with van der Waals surface area (Å²) in [5.74, 6) is -0.488. The summed E-state index contributed by atoms with van der Waals surface area (Å²) in [7, 11) is 1.32. The number of para-hydroxylation sites is 2. The van der Waals surface area contributed by atoms with Crippen molar-refractivity contribution >= 4 is 17.1 Å². The van der Waals surface area contributed by atoms with Gasteiger partial charge >= 0.3 is 12.0 Å². The van der Waals surface area contributed by atoms with Gasteiger partial charge in [0, 0.05) is 5.69 Å². The number of rotatable bonds is 2. The van der Waals surface area contributed by atoms with E-state index in [1.54, 1.807) is 6.07 Å².